The molecule has 0 aromatic heterocycles. The van der Waals surface area contributed by atoms with E-state index in [9.17, 15) is 0 Å². The van der Waals surface area contributed by atoms with Crippen LogP contribution in [0, 0.1) is 5.41 Å². The quantitative estimate of drug-likeness (QED) is 0.502. The van der Waals surface area contributed by atoms with Crippen LogP contribution >= 0.6 is 0 Å². The minimum Gasteiger partial charge on any atom is -0.317 e. The molecule has 0 fully saturated rings. The lowest BCUT2D eigenvalue weighted by Crippen LogP contribution is -2.22. The average molecular weight is 227 g/mol. The molecule has 0 aromatic carbocycles. The van der Waals surface area contributed by atoms with Crippen LogP contribution < -0.4 is 5.32 Å². The largest absolute Gasteiger partial charge is 0.317 e. The van der Waals surface area contributed by atoms with Gasteiger partial charge in [-0.15, -0.1) is 0 Å². The zero-order chi connectivity index (χ0) is 12.3. The molecule has 0 bridgehead atoms. The summed E-state index contributed by atoms with van der Waals surface area (Å²) in [5, 5.41) is 3.42. The maximum Gasteiger partial charge on any atom is -0.00439 e. The van der Waals surface area contributed by atoms with Crippen molar-refractivity contribution in [1.29, 1.82) is 0 Å². The highest BCUT2D eigenvalue weighted by Crippen LogP contribution is 2.27. The Morgan fingerprint density at radius 1 is 0.812 bits per heavy atom. The Morgan fingerprint density at radius 3 is 2.06 bits per heavy atom. The molecule has 0 aliphatic heterocycles. The molecule has 0 atom stereocenters. The highest BCUT2D eigenvalue weighted by molar-refractivity contribution is 4.69. The molecule has 16 heavy (non-hydrogen) atoms. The van der Waals surface area contributed by atoms with Gasteiger partial charge in [0.25, 0.3) is 0 Å². The van der Waals surface area contributed by atoms with Crippen molar-refractivity contribution in [3.8, 4) is 0 Å². The van der Waals surface area contributed by atoms with Crippen molar-refractivity contribution in [3.63, 3.8) is 0 Å². The van der Waals surface area contributed by atoms with E-state index in [0.29, 0.717) is 5.41 Å². The Balaban J connectivity index is 3.35. The monoisotopic (exact) mass is 227 g/mol. The summed E-state index contributed by atoms with van der Waals surface area (Å²) in [5.74, 6) is 0. The molecule has 0 saturated carbocycles. The average Bonchev–Trinajstić information content (AvgIpc) is 2.23. The molecule has 0 rings (SSSR count). The van der Waals surface area contributed by atoms with Gasteiger partial charge in [-0.25, -0.2) is 0 Å². The summed E-state index contributed by atoms with van der Waals surface area (Å²) in [4.78, 5) is 0. The second-order valence-electron chi connectivity index (χ2n) is 5.79. The van der Waals surface area contributed by atoms with Crippen molar-refractivity contribution in [1.82, 2.24) is 5.32 Å². The van der Waals surface area contributed by atoms with Gasteiger partial charge >= 0.3 is 0 Å². The first kappa shape index (κ1) is 16.0. The molecule has 1 N–H and O–H groups in total. The molecule has 0 amide bonds. The van der Waals surface area contributed by atoms with Crippen LogP contribution in [0.15, 0.2) is 0 Å². The van der Waals surface area contributed by atoms with Crippen molar-refractivity contribution in [2.45, 2.75) is 79.1 Å². The van der Waals surface area contributed by atoms with E-state index in [1.165, 1.54) is 57.9 Å². The summed E-state index contributed by atoms with van der Waals surface area (Å²) in [5.41, 5.74) is 0.535. The van der Waals surface area contributed by atoms with Gasteiger partial charge in [0.1, 0.15) is 0 Å². The van der Waals surface area contributed by atoms with Gasteiger partial charge in [0.15, 0.2) is 0 Å². The maximum absolute atomic E-state index is 3.42. The number of unbranched alkanes of at least 4 members (excludes halogenated alkanes) is 5. The van der Waals surface area contributed by atoms with Gasteiger partial charge in [-0.1, -0.05) is 66.2 Å². The SMILES string of the molecule is CCCCCCCCC(C)(C)CCNCC. The molecule has 0 aliphatic rings. The third kappa shape index (κ3) is 10.5. The van der Waals surface area contributed by atoms with Crippen LogP contribution in [0.2, 0.25) is 0 Å². The zero-order valence-corrected chi connectivity index (χ0v) is 12.1. The lowest BCUT2D eigenvalue weighted by Gasteiger charge is -2.24. The first-order chi connectivity index (χ1) is 7.62. The molecule has 0 spiro atoms. The third-order valence-corrected chi connectivity index (χ3v) is 3.44. The Kier molecular flexibility index (Phi) is 10.1. The summed E-state index contributed by atoms with van der Waals surface area (Å²) in [7, 11) is 0. The van der Waals surface area contributed by atoms with Crippen molar-refractivity contribution in [2.24, 2.45) is 5.41 Å². The predicted molar refractivity (Wildman–Crippen MR) is 74.9 cm³/mol. The Bertz CT molecular complexity index is 140. The van der Waals surface area contributed by atoms with Gasteiger partial charge in [0.2, 0.25) is 0 Å². The van der Waals surface area contributed by atoms with Crippen LogP contribution in [0.5, 0.6) is 0 Å². The summed E-state index contributed by atoms with van der Waals surface area (Å²) < 4.78 is 0. The summed E-state index contributed by atoms with van der Waals surface area (Å²) in [6.07, 6.45) is 11.2. The van der Waals surface area contributed by atoms with Gasteiger partial charge < -0.3 is 5.32 Å². The summed E-state index contributed by atoms with van der Waals surface area (Å²) >= 11 is 0. The minimum atomic E-state index is 0.535. The molecule has 0 saturated heterocycles. The van der Waals surface area contributed by atoms with Crippen molar-refractivity contribution in [2.75, 3.05) is 13.1 Å². The molecular weight excluding hydrogens is 194 g/mol. The van der Waals surface area contributed by atoms with E-state index in [4.69, 9.17) is 0 Å². The van der Waals surface area contributed by atoms with Gasteiger partial charge in [0, 0.05) is 0 Å². The second-order valence-corrected chi connectivity index (χ2v) is 5.79. The summed E-state index contributed by atoms with van der Waals surface area (Å²) in [6, 6.07) is 0. The second kappa shape index (κ2) is 10.1. The smallest absolute Gasteiger partial charge is 0.00439 e. The van der Waals surface area contributed by atoms with Gasteiger partial charge in [0.05, 0.1) is 0 Å². The highest BCUT2D eigenvalue weighted by atomic mass is 14.8. The lowest BCUT2D eigenvalue weighted by molar-refractivity contribution is 0.290. The van der Waals surface area contributed by atoms with E-state index in [1.54, 1.807) is 0 Å². The Morgan fingerprint density at radius 2 is 1.44 bits per heavy atom. The highest BCUT2D eigenvalue weighted by Gasteiger charge is 2.16. The van der Waals surface area contributed by atoms with Crippen molar-refractivity contribution >= 4 is 0 Å². The predicted octanol–water partition coefficient (Wildman–Crippen LogP) is 4.76. The van der Waals surface area contributed by atoms with E-state index >= 15 is 0 Å². The molecule has 0 unspecified atom stereocenters. The van der Waals surface area contributed by atoms with Crippen LogP contribution in [0.1, 0.15) is 79.1 Å². The molecule has 1 heteroatoms. The number of hydrogen-bond donors (Lipinski definition) is 1. The standard InChI is InChI=1S/C15H33N/c1-5-7-8-9-10-11-12-15(3,4)13-14-16-6-2/h16H,5-14H2,1-4H3. The Hall–Kier alpha value is -0.0400. The molecule has 1 nitrogen and oxygen atoms in total. The normalized spacial score (nSPS) is 12.0. The third-order valence-electron chi connectivity index (χ3n) is 3.44. The Labute approximate surface area is 103 Å². The first-order valence-corrected chi connectivity index (χ1v) is 7.33. The topological polar surface area (TPSA) is 12.0 Å². The van der Waals surface area contributed by atoms with Gasteiger partial charge in [-0.3, -0.25) is 0 Å². The van der Waals surface area contributed by atoms with Crippen molar-refractivity contribution in [3.05, 3.63) is 0 Å². The van der Waals surface area contributed by atoms with Crippen molar-refractivity contribution < 1.29 is 0 Å². The molecule has 0 aliphatic carbocycles. The van der Waals surface area contributed by atoms with Crippen LogP contribution in [0.4, 0.5) is 0 Å². The fraction of sp³-hybridized carbons (Fsp3) is 1.00. The van der Waals surface area contributed by atoms with Crippen LogP contribution in [0.3, 0.4) is 0 Å². The molecule has 0 heterocycles. The summed E-state index contributed by atoms with van der Waals surface area (Å²) in [6.45, 7) is 11.6. The van der Waals surface area contributed by atoms with Gasteiger partial charge in [-0.05, 0) is 31.3 Å². The number of rotatable bonds is 11. The fourth-order valence-electron chi connectivity index (χ4n) is 2.11. The van der Waals surface area contributed by atoms with Crippen LogP contribution in [-0.4, -0.2) is 13.1 Å². The molecular formula is C15H33N. The van der Waals surface area contributed by atoms with Crippen LogP contribution in [0.25, 0.3) is 0 Å². The van der Waals surface area contributed by atoms with E-state index in [2.05, 4.69) is 33.0 Å². The maximum atomic E-state index is 3.42. The minimum absolute atomic E-state index is 0.535. The zero-order valence-electron chi connectivity index (χ0n) is 12.1. The number of hydrogen-bond acceptors (Lipinski definition) is 1. The van der Waals surface area contributed by atoms with Crippen LogP contribution in [-0.2, 0) is 0 Å². The molecule has 0 radical (unpaired) electrons. The van der Waals surface area contributed by atoms with Gasteiger partial charge in [-0.2, -0.15) is 0 Å². The van der Waals surface area contributed by atoms with E-state index < -0.39 is 0 Å². The van der Waals surface area contributed by atoms with E-state index in [1.807, 2.05) is 0 Å². The lowest BCUT2D eigenvalue weighted by atomic mass is 9.83. The molecule has 98 valence electrons. The first-order valence-electron chi connectivity index (χ1n) is 7.33. The molecule has 0 aromatic rings. The number of nitrogens with one attached hydrogen (secondary N) is 1. The fourth-order valence-corrected chi connectivity index (χ4v) is 2.11. The van der Waals surface area contributed by atoms with E-state index in [-0.39, 0.29) is 0 Å². The van der Waals surface area contributed by atoms with E-state index in [0.717, 1.165) is 6.54 Å².